The molecule has 78 valence electrons. The summed E-state index contributed by atoms with van der Waals surface area (Å²) in [6, 6.07) is -0.590. The van der Waals surface area contributed by atoms with Crippen LogP contribution in [0, 0.1) is 0 Å². The second kappa shape index (κ2) is 5.19. The van der Waals surface area contributed by atoms with Crippen molar-refractivity contribution in [3.8, 4) is 0 Å². The van der Waals surface area contributed by atoms with Crippen LogP contribution < -0.4 is 11.5 Å². The standard InChI is InChI=1S/C9H20N2O2/c1-4-9(2,3)13-6-5-7(10)8(11)12/h7H,4-6,10H2,1-3H3,(H2,11,12). The first-order valence-corrected chi connectivity index (χ1v) is 4.58. The Kier molecular flexibility index (Phi) is 4.95. The zero-order valence-corrected chi connectivity index (χ0v) is 8.67. The van der Waals surface area contributed by atoms with Crippen molar-refractivity contribution in [3.05, 3.63) is 0 Å². The molecule has 4 nitrogen and oxygen atoms in total. The molecule has 0 aliphatic heterocycles. The van der Waals surface area contributed by atoms with Gasteiger partial charge in [0.15, 0.2) is 0 Å². The summed E-state index contributed by atoms with van der Waals surface area (Å²) in [4.78, 5) is 10.6. The molecule has 0 fully saturated rings. The summed E-state index contributed by atoms with van der Waals surface area (Å²) in [7, 11) is 0. The largest absolute Gasteiger partial charge is 0.376 e. The van der Waals surface area contributed by atoms with Crippen molar-refractivity contribution < 1.29 is 9.53 Å². The highest BCUT2D eigenvalue weighted by atomic mass is 16.5. The van der Waals surface area contributed by atoms with Gasteiger partial charge in [-0.05, 0) is 26.7 Å². The van der Waals surface area contributed by atoms with Crippen LogP contribution in [0.15, 0.2) is 0 Å². The van der Waals surface area contributed by atoms with Crippen molar-refractivity contribution in [2.45, 2.75) is 45.3 Å². The topological polar surface area (TPSA) is 78.3 Å². The predicted octanol–water partition coefficient (Wildman–Crippen LogP) is 0.394. The van der Waals surface area contributed by atoms with Crippen LogP contribution >= 0.6 is 0 Å². The first-order valence-electron chi connectivity index (χ1n) is 4.58. The predicted molar refractivity (Wildman–Crippen MR) is 52.1 cm³/mol. The Morgan fingerprint density at radius 2 is 2.08 bits per heavy atom. The average Bonchev–Trinajstić information content (AvgIpc) is 2.04. The summed E-state index contributed by atoms with van der Waals surface area (Å²) >= 11 is 0. The van der Waals surface area contributed by atoms with Gasteiger partial charge < -0.3 is 16.2 Å². The Labute approximate surface area is 79.6 Å². The lowest BCUT2D eigenvalue weighted by atomic mass is 10.1. The number of rotatable bonds is 6. The minimum absolute atomic E-state index is 0.142. The summed E-state index contributed by atoms with van der Waals surface area (Å²) in [5, 5.41) is 0. The van der Waals surface area contributed by atoms with Crippen molar-refractivity contribution in [1.82, 2.24) is 0 Å². The highest BCUT2D eigenvalue weighted by Gasteiger charge is 2.16. The van der Waals surface area contributed by atoms with E-state index < -0.39 is 11.9 Å². The molecule has 1 atom stereocenters. The van der Waals surface area contributed by atoms with Crippen molar-refractivity contribution in [1.29, 1.82) is 0 Å². The molecule has 0 aromatic heterocycles. The lowest BCUT2D eigenvalue weighted by Crippen LogP contribution is -2.38. The molecule has 0 saturated carbocycles. The number of amides is 1. The third-order valence-corrected chi connectivity index (χ3v) is 2.14. The van der Waals surface area contributed by atoms with Gasteiger partial charge in [-0.25, -0.2) is 0 Å². The number of ether oxygens (including phenoxy) is 1. The summed E-state index contributed by atoms with van der Waals surface area (Å²) in [5.41, 5.74) is 10.3. The van der Waals surface area contributed by atoms with Gasteiger partial charge in [0.1, 0.15) is 0 Å². The van der Waals surface area contributed by atoms with Crippen molar-refractivity contribution in [3.63, 3.8) is 0 Å². The molecule has 4 N–H and O–H groups in total. The van der Waals surface area contributed by atoms with E-state index in [1.165, 1.54) is 0 Å². The lowest BCUT2D eigenvalue weighted by molar-refractivity contribution is -0.120. The maximum atomic E-state index is 10.6. The Bertz CT molecular complexity index is 169. The van der Waals surface area contributed by atoms with Crippen LogP contribution in [0.25, 0.3) is 0 Å². The van der Waals surface area contributed by atoms with Crippen LogP contribution in [0.3, 0.4) is 0 Å². The van der Waals surface area contributed by atoms with E-state index in [0.29, 0.717) is 13.0 Å². The fourth-order valence-corrected chi connectivity index (χ4v) is 0.707. The van der Waals surface area contributed by atoms with Gasteiger partial charge in [0.25, 0.3) is 0 Å². The third-order valence-electron chi connectivity index (χ3n) is 2.14. The fraction of sp³-hybridized carbons (Fsp3) is 0.889. The van der Waals surface area contributed by atoms with Gasteiger partial charge in [-0.3, -0.25) is 4.79 Å². The second-order valence-electron chi connectivity index (χ2n) is 3.76. The van der Waals surface area contributed by atoms with Crippen LogP contribution in [-0.2, 0) is 9.53 Å². The van der Waals surface area contributed by atoms with Crippen molar-refractivity contribution >= 4 is 5.91 Å². The van der Waals surface area contributed by atoms with Gasteiger partial charge in [0.05, 0.1) is 11.6 Å². The molecule has 0 spiro atoms. The van der Waals surface area contributed by atoms with Gasteiger partial charge in [-0.2, -0.15) is 0 Å². The van der Waals surface area contributed by atoms with Crippen molar-refractivity contribution in [2.24, 2.45) is 11.5 Å². The minimum atomic E-state index is -0.590. The molecule has 0 aliphatic rings. The smallest absolute Gasteiger partial charge is 0.234 e. The molecular formula is C9H20N2O2. The molecule has 0 heterocycles. The zero-order chi connectivity index (χ0) is 10.5. The van der Waals surface area contributed by atoms with Crippen LogP contribution in [-0.4, -0.2) is 24.2 Å². The van der Waals surface area contributed by atoms with Gasteiger partial charge in [0, 0.05) is 6.61 Å². The van der Waals surface area contributed by atoms with E-state index in [9.17, 15) is 4.79 Å². The average molecular weight is 188 g/mol. The van der Waals surface area contributed by atoms with E-state index in [0.717, 1.165) is 6.42 Å². The number of nitrogens with two attached hydrogens (primary N) is 2. The molecule has 1 unspecified atom stereocenters. The molecule has 0 aromatic rings. The number of hydrogen-bond donors (Lipinski definition) is 2. The number of carbonyl (C=O) groups is 1. The molecule has 4 heteroatoms. The zero-order valence-electron chi connectivity index (χ0n) is 8.67. The quantitative estimate of drug-likeness (QED) is 0.633. The lowest BCUT2D eigenvalue weighted by Gasteiger charge is -2.23. The molecule has 1 amide bonds. The van der Waals surface area contributed by atoms with Crippen molar-refractivity contribution in [2.75, 3.05) is 6.61 Å². The van der Waals surface area contributed by atoms with E-state index in [1.54, 1.807) is 0 Å². The van der Waals surface area contributed by atoms with E-state index in [1.807, 2.05) is 20.8 Å². The highest BCUT2D eigenvalue weighted by molar-refractivity contribution is 5.79. The van der Waals surface area contributed by atoms with Gasteiger partial charge in [-0.15, -0.1) is 0 Å². The molecule has 0 saturated heterocycles. The van der Waals surface area contributed by atoms with E-state index >= 15 is 0 Å². The summed E-state index contributed by atoms with van der Waals surface area (Å²) in [6.45, 7) is 6.53. The molecule has 0 bridgehead atoms. The van der Waals surface area contributed by atoms with E-state index in [4.69, 9.17) is 16.2 Å². The molecule has 0 aliphatic carbocycles. The van der Waals surface area contributed by atoms with Gasteiger partial charge in [-0.1, -0.05) is 6.92 Å². The minimum Gasteiger partial charge on any atom is -0.376 e. The number of hydrogen-bond acceptors (Lipinski definition) is 3. The number of primary amides is 1. The summed E-state index contributed by atoms with van der Waals surface area (Å²) in [5.74, 6) is -0.474. The maximum absolute atomic E-state index is 10.6. The Morgan fingerprint density at radius 3 is 2.46 bits per heavy atom. The van der Waals surface area contributed by atoms with Gasteiger partial charge >= 0.3 is 0 Å². The first kappa shape index (κ1) is 12.4. The Morgan fingerprint density at radius 1 is 1.54 bits per heavy atom. The second-order valence-corrected chi connectivity index (χ2v) is 3.76. The van der Waals surface area contributed by atoms with Crippen LogP contribution in [0.5, 0.6) is 0 Å². The Balaban J connectivity index is 3.62. The molecule has 13 heavy (non-hydrogen) atoms. The van der Waals surface area contributed by atoms with Gasteiger partial charge in [0.2, 0.25) is 5.91 Å². The molecule has 0 rings (SSSR count). The van der Waals surface area contributed by atoms with Crippen LogP contribution in [0.1, 0.15) is 33.6 Å². The SMILES string of the molecule is CCC(C)(C)OCCC(N)C(N)=O. The molecule has 0 radical (unpaired) electrons. The fourth-order valence-electron chi connectivity index (χ4n) is 0.707. The summed E-state index contributed by atoms with van der Waals surface area (Å²) < 4.78 is 5.51. The monoisotopic (exact) mass is 188 g/mol. The normalized spacial score (nSPS) is 14.2. The van der Waals surface area contributed by atoms with Crippen LogP contribution in [0.2, 0.25) is 0 Å². The first-order chi connectivity index (χ1) is 5.89. The summed E-state index contributed by atoms with van der Waals surface area (Å²) in [6.07, 6.45) is 1.41. The third kappa shape index (κ3) is 5.60. The van der Waals surface area contributed by atoms with E-state index in [-0.39, 0.29) is 5.60 Å². The van der Waals surface area contributed by atoms with E-state index in [2.05, 4.69) is 0 Å². The highest BCUT2D eigenvalue weighted by Crippen LogP contribution is 2.13. The maximum Gasteiger partial charge on any atom is 0.234 e. The number of carbonyl (C=O) groups excluding carboxylic acids is 1. The molecule has 0 aromatic carbocycles. The Hall–Kier alpha value is -0.610. The molecular weight excluding hydrogens is 168 g/mol. The van der Waals surface area contributed by atoms with Crippen LogP contribution in [0.4, 0.5) is 0 Å².